The van der Waals surface area contributed by atoms with E-state index in [0.717, 1.165) is 18.3 Å². The predicted molar refractivity (Wildman–Crippen MR) is 66.0 cm³/mol. The fourth-order valence-electron chi connectivity index (χ4n) is 1.82. The summed E-state index contributed by atoms with van der Waals surface area (Å²) in [5, 5.41) is 0. The SMILES string of the molecule is CC(CCN)c1ncc(-c2cccc(F)c2F)[nH]1. The first-order chi connectivity index (χ1) is 8.63. The third-order valence-electron chi connectivity index (χ3n) is 2.90. The maximum atomic E-state index is 13.6. The third kappa shape index (κ3) is 2.41. The van der Waals surface area contributed by atoms with E-state index < -0.39 is 11.6 Å². The van der Waals surface area contributed by atoms with Crippen molar-refractivity contribution in [1.29, 1.82) is 0 Å². The Hall–Kier alpha value is -1.75. The molecule has 1 aromatic carbocycles. The molecule has 0 radical (unpaired) electrons. The highest BCUT2D eigenvalue weighted by Crippen LogP contribution is 2.24. The lowest BCUT2D eigenvalue weighted by Gasteiger charge is -2.06. The van der Waals surface area contributed by atoms with Gasteiger partial charge in [0.05, 0.1) is 11.9 Å². The second-order valence-electron chi connectivity index (χ2n) is 4.26. The van der Waals surface area contributed by atoms with E-state index in [1.807, 2.05) is 6.92 Å². The molecule has 1 heterocycles. The molecule has 0 spiro atoms. The Morgan fingerprint density at radius 2 is 2.17 bits per heavy atom. The van der Waals surface area contributed by atoms with Crippen LogP contribution >= 0.6 is 0 Å². The molecule has 1 aromatic heterocycles. The number of rotatable bonds is 4. The van der Waals surface area contributed by atoms with Gasteiger partial charge in [-0.2, -0.15) is 0 Å². The molecule has 2 aromatic rings. The van der Waals surface area contributed by atoms with Gasteiger partial charge in [-0.15, -0.1) is 0 Å². The first-order valence-corrected chi connectivity index (χ1v) is 5.82. The van der Waals surface area contributed by atoms with Crippen molar-refractivity contribution in [2.45, 2.75) is 19.3 Å². The van der Waals surface area contributed by atoms with Crippen LogP contribution in [0.15, 0.2) is 24.4 Å². The summed E-state index contributed by atoms with van der Waals surface area (Å²) < 4.78 is 26.7. The maximum absolute atomic E-state index is 13.6. The Labute approximate surface area is 104 Å². The van der Waals surface area contributed by atoms with Gasteiger partial charge in [0.15, 0.2) is 11.6 Å². The predicted octanol–water partition coefficient (Wildman–Crippen LogP) is 2.81. The largest absolute Gasteiger partial charge is 0.342 e. The van der Waals surface area contributed by atoms with Gasteiger partial charge < -0.3 is 10.7 Å². The van der Waals surface area contributed by atoms with E-state index in [-0.39, 0.29) is 11.5 Å². The van der Waals surface area contributed by atoms with Crippen LogP contribution in [0, 0.1) is 11.6 Å². The van der Waals surface area contributed by atoms with Crippen molar-refractivity contribution in [1.82, 2.24) is 9.97 Å². The molecule has 0 amide bonds. The van der Waals surface area contributed by atoms with Crippen molar-refractivity contribution < 1.29 is 8.78 Å². The highest BCUT2D eigenvalue weighted by atomic mass is 19.2. The molecule has 3 N–H and O–H groups in total. The Balaban J connectivity index is 2.32. The minimum Gasteiger partial charge on any atom is -0.342 e. The van der Waals surface area contributed by atoms with Crippen LogP contribution in [-0.2, 0) is 0 Å². The summed E-state index contributed by atoms with van der Waals surface area (Å²) >= 11 is 0. The molecule has 5 heteroatoms. The fraction of sp³-hybridized carbons (Fsp3) is 0.308. The summed E-state index contributed by atoms with van der Waals surface area (Å²) in [5.74, 6) is -0.822. The number of imidazole rings is 1. The van der Waals surface area contributed by atoms with Gasteiger partial charge in [-0.05, 0) is 25.1 Å². The van der Waals surface area contributed by atoms with Gasteiger partial charge in [-0.1, -0.05) is 13.0 Å². The van der Waals surface area contributed by atoms with Crippen LogP contribution < -0.4 is 5.73 Å². The lowest BCUT2D eigenvalue weighted by Crippen LogP contribution is -2.05. The Kier molecular flexibility index (Phi) is 3.72. The van der Waals surface area contributed by atoms with Crippen LogP contribution in [0.2, 0.25) is 0 Å². The highest BCUT2D eigenvalue weighted by molar-refractivity contribution is 5.59. The molecule has 0 aliphatic carbocycles. The topological polar surface area (TPSA) is 54.7 Å². The zero-order chi connectivity index (χ0) is 13.1. The number of nitrogens with zero attached hydrogens (tertiary/aromatic N) is 1. The molecule has 0 saturated heterocycles. The molecular formula is C13H15F2N3. The first-order valence-electron chi connectivity index (χ1n) is 5.82. The molecule has 3 nitrogen and oxygen atoms in total. The smallest absolute Gasteiger partial charge is 0.168 e. The van der Waals surface area contributed by atoms with Gasteiger partial charge in [-0.25, -0.2) is 13.8 Å². The van der Waals surface area contributed by atoms with Crippen molar-refractivity contribution in [3.05, 3.63) is 41.9 Å². The number of halogens is 2. The molecule has 0 saturated carbocycles. The molecule has 1 atom stereocenters. The summed E-state index contributed by atoms with van der Waals surface area (Å²) in [6, 6.07) is 4.08. The number of aromatic nitrogens is 2. The number of hydrogen-bond acceptors (Lipinski definition) is 2. The zero-order valence-corrected chi connectivity index (χ0v) is 10.1. The van der Waals surface area contributed by atoms with Gasteiger partial charge in [0.25, 0.3) is 0 Å². The Bertz CT molecular complexity index is 537. The zero-order valence-electron chi connectivity index (χ0n) is 10.1. The lowest BCUT2D eigenvalue weighted by molar-refractivity contribution is 0.511. The minimum absolute atomic E-state index is 0.167. The van der Waals surface area contributed by atoms with E-state index in [9.17, 15) is 8.78 Å². The van der Waals surface area contributed by atoms with Crippen LogP contribution in [0.4, 0.5) is 8.78 Å². The lowest BCUT2D eigenvalue weighted by atomic mass is 10.1. The molecular weight excluding hydrogens is 236 g/mol. The van der Waals surface area contributed by atoms with Gasteiger partial charge in [0.2, 0.25) is 0 Å². The number of nitrogens with one attached hydrogen (secondary N) is 1. The van der Waals surface area contributed by atoms with Gasteiger partial charge >= 0.3 is 0 Å². The van der Waals surface area contributed by atoms with E-state index in [1.165, 1.54) is 18.3 Å². The van der Waals surface area contributed by atoms with Gasteiger partial charge in [0.1, 0.15) is 5.82 Å². The summed E-state index contributed by atoms with van der Waals surface area (Å²) in [6.07, 6.45) is 2.30. The number of benzene rings is 1. The van der Waals surface area contributed by atoms with E-state index in [4.69, 9.17) is 5.73 Å². The van der Waals surface area contributed by atoms with Crippen LogP contribution in [0.3, 0.4) is 0 Å². The van der Waals surface area contributed by atoms with Crippen LogP contribution in [-0.4, -0.2) is 16.5 Å². The third-order valence-corrected chi connectivity index (χ3v) is 2.90. The second-order valence-corrected chi connectivity index (χ2v) is 4.26. The van der Waals surface area contributed by atoms with E-state index in [1.54, 1.807) is 0 Å². The second kappa shape index (κ2) is 5.27. The number of H-pyrrole nitrogens is 1. The number of hydrogen-bond donors (Lipinski definition) is 2. The highest BCUT2D eigenvalue weighted by Gasteiger charge is 2.14. The maximum Gasteiger partial charge on any atom is 0.168 e. The summed E-state index contributed by atoms with van der Waals surface area (Å²) in [7, 11) is 0. The summed E-state index contributed by atoms with van der Waals surface area (Å²) in [5.41, 5.74) is 6.14. The van der Waals surface area contributed by atoms with E-state index in [0.29, 0.717) is 12.2 Å². The number of nitrogens with two attached hydrogens (primary N) is 1. The Morgan fingerprint density at radius 3 is 2.89 bits per heavy atom. The molecule has 0 aliphatic heterocycles. The van der Waals surface area contributed by atoms with Gasteiger partial charge in [0, 0.05) is 11.5 Å². The van der Waals surface area contributed by atoms with Crippen LogP contribution in [0.1, 0.15) is 25.1 Å². The molecule has 96 valence electrons. The molecule has 1 unspecified atom stereocenters. The molecule has 2 rings (SSSR count). The average molecular weight is 251 g/mol. The van der Waals surface area contributed by atoms with Crippen molar-refractivity contribution in [2.75, 3.05) is 6.54 Å². The summed E-state index contributed by atoms with van der Waals surface area (Å²) in [4.78, 5) is 7.19. The van der Waals surface area contributed by atoms with E-state index in [2.05, 4.69) is 9.97 Å². The molecule has 18 heavy (non-hydrogen) atoms. The Morgan fingerprint density at radius 1 is 1.39 bits per heavy atom. The summed E-state index contributed by atoms with van der Waals surface area (Å²) in [6.45, 7) is 2.54. The average Bonchev–Trinajstić information content (AvgIpc) is 2.82. The first kappa shape index (κ1) is 12.7. The molecule has 0 bridgehead atoms. The molecule has 0 fully saturated rings. The van der Waals surface area contributed by atoms with Crippen LogP contribution in [0.25, 0.3) is 11.3 Å². The normalized spacial score (nSPS) is 12.7. The monoisotopic (exact) mass is 251 g/mol. The van der Waals surface area contributed by atoms with Crippen molar-refractivity contribution in [2.24, 2.45) is 5.73 Å². The molecule has 0 aliphatic rings. The van der Waals surface area contributed by atoms with Gasteiger partial charge in [-0.3, -0.25) is 0 Å². The van der Waals surface area contributed by atoms with Crippen molar-refractivity contribution in [3.63, 3.8) is 0 Å². The van der Waals surface area contributed by atoms with Crippen LogP contribution in [0.5, 0.6) is 0 Å². The minimum atomic E-state index is -0.862. The number of aromatic amines is 1. The fourth-order valence-corrected chi connectivity index (χ4v) is 1.82. The van der Waals surface area contributed by atoms with Crippen molar-refractivity contribution in [3.8, 4) is 11.3 Å². The standard InChI is InChI=1S/C13H15F2N3/c1-8(5-6-16)13-17-7-11(18-13)9-3-2-4-10(14)12(9)15/h2-4,7-8H,5-6,16H2,1H3,(H,17,18). The van der Waals surface area contributed by atoms with E-state index >= 15 is 0 Å². The van der Waals surface area contributed by atoms with Crippen molar-refractivity contribution >= 4 is 0 Å². The quantitative estimate of drug-likeness (QED) is 0.877.